The molecular formula is C15H18F2N2O. The maximum atomic E-state index is 13.1. The normalized spacial score (nSPS) is 23.0. The Morgan fingerprint density at radius 2 is 2.05 bits per heavy atom. The third-order valence-corrected chi connectivity index (χ3v) is 4.11. The molecular weight excluding hydrogens is 262 g/mol. The lowest BCUT2D eigenvalue weighted by Gasteiger charge is -2.15. The summed E-state index contributed by atoms with van der Waals surface area (Å²) in [6, 6.07) is 3.99. The van der Waals surface area contributed by atoms with Crippen LogP contribution in [-0.2, 0) is 0 Å². The number of nitrogens with zero attached hydrogens (tertiary/aromatic N) is 1. The Morgan fingerprint density at radius 1 is 1.25 bits per heavy atom. The van der Waals surface area contributed by atoms with Crippen LogP contribution < -0.4 is 5.32 Å². The molecule has 1 saturated carbocycles. The molecule has 3 rings (SSSR count). The van der Waals surface area contributed by atoms with Crippen LogP contribution in [0.3, 0.4) is 0 Å². The van der Waals surface area contributed by atoms with E-state index in [9.17, 15) is 13.6 Å². The van der Waals surface area contributed by atoms with Crippen molar-refractivity contribution in [2.24, 2.45) is 5.92 Å². The first kappa shape index (κ1) is 13.5. The van der Waals surface area contributed by atoms with Gasteiger partial charge in [0.25, 0.3) is 5.91 Å². The van der Waals surface area contributed by atoms with Crippen LogP contribution in [0.1, 0.15) is 29.6 Å². The van der Waals surface area contributed by atoms with E-state index in [0.717, 1.165) is 37.7 Å². The highest BCUT2D eigenvalue weighted by Crippen LogP contribution is 2.31. The summed E-state index contributed by atoms with van der Waals surface area (Å²) in [6.45, 7) is 2.74. The average molecular weight is 280 g/mol. The van der Waals surface area contributed by atoms with Gasteiger partial charge in [0.15, 0.2) is 11.6 Å². The number of rotatable bonds is 4. The van der Waals surface area contributed by atoms with Gasteiger partial charge in [0.05, 0.1) is 0 Å². The molecule has 1 unspecified atom stereocenters. The molecule has 20 heavy (non-hydrogen) atoms. The van der Waals surface area contributed by atoms with Gasteiger partial charge in [-0.05, 0) is 49.9 Å². The van der Waals surface area contributed by atoms with Gasteiger partial charge in [-0.3, -0.25) is 4.79 Å². The second kappa shape index (κ2) is 5.48. The number of amides is 1. The minimum atomic E-state index is -0.988. The first-order valence-corrected chi connectivity index (χ1v) is 7.11. The lowest BCUT2D eigenvalue weighted by molar-refractivity contribution is 0.0947. The highest BCUT2D eigenvalue weighted by molar-refractivity contribution is 5.94. The van der Waals surface area contributed by atoms with Crippen molar-refractivity contribution < 1.29 is 13.6 Å². The molecule has 1 aromatic carbocycles. The van der Waals surface area contributed by atoms with Gasteiger partial charge in [-0.25, -0.2) is 8.78 Å². The summed E-state index contributed by atoms with van der Waals surface area (Å²) in [7, 11) is 0. The third-order valence-electron chi connectivity index (χ3n) is 4.11. The van der Waals surface area contributed by atoms with Crippen LogP contribution in [0.25, 0.3) is 0 Å². The molecule has 1 N–H and O–H groups in total. The first-order chi connectivity index (χ1) is 9.63. The fourth-order valence-electron chi connectivity index (χ4n) is 2.78. The van der Waals surface area contributed by atoms with Gasteiger partial charge in [0.1, 0.15) is 0 Å². The molecule has 1 aromatic rings. The molecule has 2 fully saturated rings. The predicted octanol–water partition coefficient (Wildman–Crippen LogP) is 2.18. The van der Waals surface area contributed by atoms with Gasteiger partial charge >= 0.3 is 0 Å². The summed E-state index contributed by atoms with van der Waals surface area (Å²) in [5, 5.41) is 2.81. The van der Waals surface area contributed by atoms with Crippen LogP contribution in [0.5, 0.6) is 0 Å². The number of carbonyl (C=O) groups is 1. The Bertz CT molecular complexity index is 517. The average Bonchev–Trinajstić information content (AvgIpc) is 3.18. The molecule has 1 heterocycles. The minimum Gasteiger partial charge on any atom is -0.352 e. The standard InChI is InChI=1S/C15H18F2N2O/c16-13-4-1-11(7-14(13)17)15(20)18-8-10-5-6-19(9-10)12-2-3-12/h1,4,7,10,12H,2-3,5-6,8-9H2,(H,18,20). The molecule has 2 aliphatic rings. The first-order valence-electron chi connectivity index (χ1n) is 7.11. The highest BCUT2D eigenvalue weighted by Gasteiger charge is 2.34. The van der Waals surface area contributed by atoms with Gasteiger partial charge in [0.2, 0.25) is 0 Å². The fourth-order valence-corrected chi connectivity index (χ4v) is 2.78. The van der Waals surface area contributed by atoms with E-state index in [1.807, 2.05) is 0 Å². The molecule has 1 atom stereocenters. The summed E-state index contributed by atoms with van der Waals surface area (Å²) in [5.74, 6) is -1.80. The largest absolute Gasteiger partial charge is 0.352 e. The van der Waals surface area contributed by atoms with Gasteiger partial charge in [-0.15, -0.1) is 0 Å². The fraction of sp³-hybridized carbons (Fsp3) is 0.533. The molecule has 3 nitrogen and oxygen atoms in total. The molecule has 108 valence electrons. The number of carbonyl (C=O) groups excluding carboxylic acids is 1. The number of nitrogens with one attached hydrogen (secondary N) is 1. The van der Waals surface area contributed by atoms with Crippen LogP contribution in [0.15, 0.2) is 18.2 Å². The van der Waals surface area contributed by atoms with Crippen molar-refractivity contribution in [3.05, 3.63) is 35.4 Å². The summed E-state index contributed by atoms with van der Waals surface area (Å²) < 4.78 is 25.9. The van der Waals surface area contributed by atoms with Crippen molar-refractivity contribution in [2.75, 3.05) is 19.6 Å². The second-order valence-corrected chi connectivity index (χ2v) is 5.72. The molecule has 0 spiro atoms. The van der Waals surface area contributed by atoms with Crippen molar-refractivity contribution in [1.29, 1.82) is 0 Å². The monoisotopic (exact) mass is 280 g/mol. The van der Waals surface area contributed by atoms with E-state index in [2.05, 4.69) is 10.2 Å². The van der Waals surface area contributed by atoms with Crippen molar-refractivity contribution in [3.8, 4) is 0 Å². The molecule has 0 radical (unpaired) electrons. The number of halogens is 2. The second-order valence-electron chi connectivity index (χ2n) is 5.72. The Kier molecular flexibility index (Phi) is 3.70. The van der Waals surface area contributed by atoms with Crippen LogP contribution in [0.2, 0.25) is 0 Å². The molecule has 1 amide bonds. The maximum Gasteiger partial charge on any atom is 0.251 e. The number of hydrogen-bond donors (Lipinski definition) is 1. The lowest BCUT2D eigenvalue weighted by Crippen LogP contribution is -2.31. The summed E-state index contributed by atoms with van der Waals surface area (Å²) in [6.07, 6.45) is 3.69. The number of likely N-dealkylation sites (tertiary alicyclic amines) is 1. The van der Waals surface area contributed by atoms with Crippen LogP contribution in [-0.4, -0.2) is 36.5 Å². The van der Waals surface area contributed by atoms with Gasteiger partial charge < -0.3 is 10.2 Å². The minimum absolute atomic E-state index is 0.168. The third kappa shape index (κ3) is 2.98. The smallest absolute Gasteiger partial charge is 0.251 e. The van der Waals surface area contributed by atoms with Crippen LogP contribution in [0, 0.1) is 17.6 Å². The van der Waals surface area contributed by atoms with E-state index >= 15 is 0 Å². The molecule has 5 heteroatoms. The zero-order valence-electron chi connectivity index (χ0n) is 11.2. The maximum absolute atomic E-state index is 13.1. The SMILES string of the molecule is O=C(NCC1CCN(C2CC2)C1)c1ccc(F)c(F)c1. The molecule has 1 saturated heterocycles. The van der Waals surface area contributed by atoms with Crippen molar-refractivity contribution in [3.63, 3.8) is 0 Å². The number of benzene rings is 1. The van der Waals surface area contributed by atoms with Crippen molar-refractivity contribution >= 4 is 5.91 Å². The Morgan fingerprint density at radius 3 is 2.75 bits per heavy atom. The number of hydrogen-bond acceptors (Lipinski definition) is 2. The van der Waals surface area contributed by atoms with Crippen LogP contribution in [0.4, 0.5) is 8.78 Å². The molecule has 1 aliphatic carbocycles. The van der Waals surface area contributed by atoms with E-state index in [0.29, 0.717) is 12.5 Å². The topological polar surface area (TPSA) is 32.3 Å². The van der Waals surface area contributed by atoms with Gasteiger partial charge in [-0.1, -0.05) is 0 Å². The summed E-state index contributed by atoms with van der Waals surface area (Å²) >= 11 is 0. The van der Waals surface area contributed by atoms with Gasteiger partial charge in [0, 0.05) is 24.7 Å². The molecule has 0 bridgehead atoms. The van der Waals surface area contributed by atoms with Crippen molar-refractivity contribution in [1.82, 2.24) is 10.2 Å². The Labute approximate surface area is 117 Å². The Balaban J connectivity index is 1.50. The van der Waals surface area contributed by atoms with Gasteiger partial charge in [-0.2, -0.15) is 0 Å². The summed E-state index contributed by atoms with van der Waals surface area (Å²) in [5.41, 5.74) is 0.168. The molecule has 1 aliphatic heterocycles. The summed E-state index contributed by atoms with van der Waals surface area (Å²) in [4.78, 5) is 14.4. The zero-order chi connectivity index (χ0) is 14.1. The zero-order valence-corrected chi connectivity index (χ0v) is 11.2. The van der Waals surface area contributed by atoms with E-state index in [-0.39, 0.29) is 11.5 Å². The quantitative estimate of drug-likeness (QED) is 0.917. The highest BCUT2D eigenvalue weighted by atomic mass is 19.2. The van der Waals surface area contributed by atoms with E-state index < -0.39 is 11.6 Å². The van der Waals surface area contributed by atoms with E-state index in [1.165, 1.54) is 18.9 Å². The Hall–Kier alpha value is -1.49. The van der Waals surface area contributed by atoms with Crippen molar-refractivity contribution in [2.45, 2.75) is 25.3 Å². The molecule has 0 aromatic heterocycles. The van der Waals surface area contributed by atoms with E-state index in [4.69, 9.17) is 0 Å². The van der Waals surface area contributed by atoms with E-state index in [1.54, 1.807) is 0 Å². The predicted molar refractivity (Wildman–Crippen MR) is 71.4 cm³/mol. The lowest BCUT2D eigenvalue weighted by atomic mass is 10.1. The van der Waals surface area contributed by atoms with Crippen LogP contribution >= 0.6 is 0 Å².